The van der Waals surface area contributed by atoms with E-state index >= 15 is 0 Å². The van der Waals surface area contributed by atoms with Crippen LogP contribution in [-0.4, -0.2) is 4.98 Å². The van der Waals surface area contributed by atoms with Gasteiger partial charge in [0.25, 0.3) is 0 Å². The van der Waals surface area contributed by atoms with Crippen LogP contribution in [0.1, 0.15) is 19.4 Å². The molecule has 0 fully saturated rings. The molecular weight excluding hydrogens is 314 g/mol. The molecule has 0 radical (unpaired) electrons. The molecule has 0 spiro atoms. The number of para-hydroxylation sites is 1. The topological polar surface area (TPSA) is 48.7 Å². The monoisotopic (exact) mass is 331 g/mol. The van der Waals surface area contributed by atoms with Crippen molar-refractivity contribution in [1.29, 1.82) is 5.26 Å². The Balaban J connectivity index is 0.000000815. The quantitative estimate of drug-likeness (QED) is 0.483. The zero-order valence-electron chi connectivity index (χ0n) is 13.6. The van der Waals surface area contributed by atoms with Gasteiger partial charge in [-0.3, -0.25) is 0 Å². The van der Waals surface area contributed by atoms with Gasteiger partial charge in [-0.15, -0.1) is 11.3 Å². The minimum Gasteiger partial charge on any atom is -0.340 e. The van der Waals surface area contributed by atoms with Gasteiger partial charge in [-0.05, 0) is 35.7 Å². The number of rotatable bonds is 2. The van der Waals surface area contributed by atoms with Crippen molar-refractivity contribution in [3.05, 3.63) is 65.5 Å². The van der Waals surface area contributed by atoms with Gasteiger partial charge in [0.05, 0.1) is 17.1 Å². The number of thiophene rings is 1. The summed E-state index contributed by atoms with van der Waals surface area (Å²) in [5.74, 6) is 0.824. The highest BCUT2D eigenvalue weighted by Gasteiger charge is 2.10. The molecule has 0 unspecified atom stereocenters. The van der Waals surface area contributed by atoms with Crippen LogP contribution in [0.25, 0.3) is 21.0 Å². The van der Waals surface area contributed by atoms with Crippen molar-refractivity contribution >= 4 is 43.8 Å². The van der Waals surface area contributed by atoms with Gasteiger partial charge >= 0.3 is 0 Å². The van der Waals surface area contributed by atoms with E-state index < -0.39 is 0 Å². The minimum atomic E-state index is 0.626. The summed E-state index contributed by atoms with van der Waals surface area (Å²) in [5.41, 5.74) is 2.47. The van der Waals surface area contributed by atoms with Crippen molar-refractivity contribution in [2.45, 2.75) is 13.8 Å². The van der Waals surface area contributed by atoms with Crippen molar-refractivity contribution in [3.8, 4) is 6.07 Å². The summed E-state index contributed by atoms with van der Waals surface area (Å²) in [4.78, 5) is 4.72. The Kier molecular flexibility index (Phi) is 4.74. The van der Waals surface area contributed by atoms with Gasteiger partial charge in [0, 0.05) is 21.2 Å². The fraction of sp³-hybridized carbons (Fsp3) is 0.100. The first-order valence-corrected chi connectivity index (χ1v) is 8.76. The summed E-state index contributed by atoms with van der Waals surface area (Å²) < 4.78 is 1.19. The van der Waals surface area contributed by atoms with Crippen molar-refractivity contribution in [2.24, 2.45) is 0 Å². The number of hydrogen-bond donors (Lipinski definition) is 1. The highest BCUT2D eigenvalue weighted by molar-refractivity contribution is 7.18. The second-order valence-corrected chi connectivity index (χ2v) is 5.87. The lowest BCUT2D eigenvalue weighted by Gasteiger charge is -2.09. The number of nitrogens with zero attached hydrogens (tertiary/aromatic N) is 2. The maximum Gasteiger partial charge on any atom is 0.139 e. The molecule has 2 aromatic heterocycles. The molecule has 0 aliphatic carbocycles. The van der Waals surface area contributed by atoms with Crippen LogP contribution in [0.5, 0.6) is 0 Å². The molecule has 3 nitrogen and oxygen atoms in total. The van der Waals surface area contributed by atoms with Gasteiger partial charge in [-0.2, -0.15) is 5.26 Å². The Morgan fingerprint density at radius 1 is 1.00 bits per heavy atom. The van der Waals surface area contributed by atoms with E-state index in [1.165, 1.54) is 4.70 Å². The van der Waals surface area contributed by atoms with Gasteiger partial charge in [-0.1, -0.05) is 38.1 Å². The summed E-state index contributed by atoms with van der Waals surface area (Å²) >= 11 is 1.69. The van der Waals surface area contributed by atoms with Crippen molar-refractivity contribution < 1.29 is 0 Å². The lowest BCUT2D eigenvalue weighted by molar-refractivity contribution is 1.40. The van der Waals surface area contributed by atoms with E-state index in [0.29, 0.717) is 5.56 Å². The smallest absolute Gasteiger partial charge is 0.139 e. The number of anilines is 2. The van der Waals surface area contributed by atoms with E-state index in [1.807, 2.05) is 62.4 Å². The Hall–Kier alpha value is -2.90. The minimum absolute atomic E-state index is 0.626. The third-order valence-corrected chi connectivity index (χ3v) is 4.51. The van der Waals surface area contributed by atoms with E-state index in [9.17, 15) is 0 Å². The Morgan fingerprint density at radius 2 is 1.79 bits per heavy atom. The van der Waals surface area contributed by atoms with Crippen LogP contribution in [0.2, 0.25) is 0 Å². The van der Waals surface area contributed by atoms with Crippen molar-refractivity contribution in [1.82, 2.24) is 4.98 Å². The maximum atomic E-state index is 9.08. The lowest BCUT2D eigenvalue weighted by Crippen LogP contribution is -1.95. The maximum absolute atomic E-state index is 9.08. The molecule has 0 amide bonds. The average molecular weight is 331 g/mol. The normalized spacial score (nSPS) is 10.0. The van der Waals surface area contributed by atoms with E-state index in [0.717, 1.165) is 27.8 Å². The second-order valence-electron chi connectivity index (χ2n) is 4.96. The van der Waals surface area contributed by atoms with Gasteiger partial charge in [0.15, 0.2) is 0 Å². The third kappa shape index (κ3) is 2.94. The molecule has 0 saturated heterocycles. The average Bonchev–Trinajstić information content (AvgIpc) is 3.14. The van der Waals surface area contributed by atoms with Gasteiger partial charge < -0.3 is 5.32 Å². The summed E-state index contributed by atoms with van der Waals surface area (Å²) in [6.45, 7) is 4.00. The zero-order valence-corrected chi connectivity index (χ0v) is 14.4. The number of nitriles is 1. The molecule has 0 bridgehead atoms. The molecule has 4 aromatic rings. The van der Waals surface area contributed by atoms with Crippen LogP contribution in [0.4, 0.5) is 11.5 Å². The molecule has 0 aliphatic rings. The van der Waals surface area contributed by atoms with Crippen LogP contribution in [0.3, 0.4) is 0 Å². The van der Waals surface area contributed by atoms with Gasteiger partial charge in [0.2, 0.25) is 0 Å². The van der Waals surface area contributed by atoms with Gasteiger partial charge in [0.1, 0.15) is 5.82 Å². The molecule has 0 aliphatic heterocycles. The molecule has 0 saturated carbocycles. The standard InChI is InChI=1S/C18H11N3S.C2H6/c19-11-12-6-7-14-16(10-12)21-18(15-8-9-22-17(14)15)20-13-4-2-1-3-5-13;1-2/h1-10H,(H,20,21);1-2H3. The van der Waals surface area contributed by atoms with Crippen LogP contribution in [0.15, 0.2) is 60.0 Å². The van der Waals surface area contributed by atoms with E-state index in [1.54, 1.807) is 11.3 Å². The first kappa shape index (κ1) is 16.0. The Labute approximate surface area is 145 Å². The Bertz CT molecular complexity index is 1010. The molecule has 1 N–H and O–H groups in total. The summed E-state index contributed by atoms with van der Waals surface area (Å²) in [6.07, 6.45) is 0. The van der Waals surface area contributed by atoms with E-state index in [2.05, 4.69) is 22.8 Å². The van der Waals surface area contributed by atoms with E-state index in [-0.39, 0.29) is 0 Å². The second kappa shape index (κ2) is 7.12. The van der Waals surface area contributed by atoms with Crippen LogP contribution in [0, 0.1) is 11.3 Å². The number of hydrogen-bond acceptors (Lipinski definition) is 4. The number of benzene rings is 2. The SMILES string of the molecule is CC.N#Cc1ccc2c(c1)nc(Nc1ccccc1)c1ccsc12. The first-order valence-electron chi connectivity index (χ1n) is 7.88. The molecule has 4 rings (SSSR count). The molecule has 4 heteroatoms. The molecular formula is C20H17N3S. The predicted octanol–water partition coefficient (Wildman–Crippen LogP) is 6.09. The van der Waals surface area contributed by atoms with E-state index in [4.69, 9.17) is 10.2 Å². The zero-order chi connectivity index (χ0) is 16.9. The largest absolute Gasteiger partial charge is 0.340 e. The molecule has 2 heterocycles. The summed E-state index contributed by atoms with van der Waals surface area (Å²) in [5, 5.41) is 16.7. The summed E-state index contributed by atoms with van der Waals surface area (Å²) in [6, 6.07) is 19.9. The number of aromatic nitrogens is 1. The summed E-state index contributed by atoms with van der Waals surface area (Å²) in [7, 11) is 0. The van der Waals surface area contributed by atoms with Crippen molar-refractivity contribution in [3.63, 3.8) is 0 Å². The fourth-order valence-electron chi connectivity index (χ4n) is 2.52. The van der Waals surface area contributed by atoms with Crippen LogP contribution >= 0.6 is 11.3 Å². The lowest BCUT2D eigenvalue weighted by atomic mass is 10.1. The fourth-order valence-corrected chi connectivity index (χ4v) is 3.46. The highest BCUT2D eigenvalue weighted by atomic mass is 32.1. The molecule has 2 aromatic carbocycles. The number of nitrogens with one attached hydrogen (secondary N) is 1. The molecule has 24 heavy (non-hydrogen) atoms. The van der Waals surface area contributed by atoms with Gasteiger partial charge in [-0.25, -0.2) is 4.98 Å². The third-order valence-electron chi connectivity index (χ3n) is 3.56. The van der Waals surface area contributed by atoms with Crippen molar-refractivity contribution in [2.75, 3.05) is 5.32 Å². The van der Waals surface area contributed by atoms with Crippen LogP contribution in [-0.2, 0) is 0 Å². The molecule has 0 atom stereocenters. The molecule has 118 valence electrons. The van der Waals surface area contributed by atoms with Crippen LogP contribution < -0.4 is 5.32 Å². The first-order chi connectivity index (χ1) is 11.8. The highest BCUT2D eigenvalue weighted by Crippen LogP contribution is 2.34. The number of fused-ring (bicyclic) bond motifs is 3. The Morgan fingerprint density at radius 3 is 2.54 bits per heavy atom. The predicted molar refractivity (Wildman–Crippen MR) is 103 cm³/mol. The number of pyridine rings is 1.